The minimum absolute atomic E-state index is 0.0382. The number of phenolic OH excluding ortho intramolecular Hbond substituents is 1. The van der Waals surface area contributed by atoms with Crippen LogP contribution in [0.4, 0.5) is 0 Å². The Bertz CT molecular complexity index is 2280. The maximum atomic E-state index is 10.8. The second-order valence-corrected chi connectivity index (χ2v) is 14.5. The number of nitrogens with zero attached hydrogens (tertiary/aromatic N) is 4. The summed E-state index contributed by atoms with van der Waals surface area (Å²) < 4.78 is 2.23. The zero-order valence-electron chi connectivity index (χ0n) is 28.1. The second kappa shape index (κ2) is 11.2. The van der Waals surface area contributed by atoms with Gasteiger partial charge in [-0.05, 0) is 76.9 Å². The summed E-state index contributed by atoms with van der Waals surface area (Å²) in [5.41, 5.74) is 12.7. The molecule has 0 aliphatic rings. The van der Waals surface area contributed by atoms with E-state index in [4.69, 9.17) is 15.0 Å². The molecule has 234 valence electrons. The monoisotopic (exact) mass is 616 g/mol. The molecule has 0 saturated heterocycles. The van der Waals surface area contributed by atoms with Crippen molar-refractivity contribution < 1.29 is 5.11 Å². The number of imidazole rings is 1. The van der Waals surface area contributed by atoms with Crippen LogP contribution in [0.15, 0.2) is 109 Å². The van der Waals surface area contributed by atoms with Crippen LogP contribution >= 0.6 is 0 Å². The van der Waals surface area contributed by atoms with E-state index in [9.17, 15) is 5.11 Å². The number of aryl methyl sites for hydroxylation is 1. The van der Waals surface area contributed by atoms with E-state index < -0.39 is 0 Å². The van der Waals surface area contributed by atoms with Crippen molar-refractivity contribution in [2.24, 2.45) is 0 Å². The fourth-order valence-corrected chi connectivity index (χ4v) is 6.28. The smallest absolute Gasteiger partial charge is 0.145 e. The zero-order chi connectivity index (χ0) is 33.1. The number of rotatable bonds is 4. The van der Waals surface area contributed by atoms with E-state index in [0.29, 0.717) is 0 Å². The Labute approximate surface area is 276 Å². The maximum absolute atomic E-state index is 10.8. The van der Waals surface area contributed by atoms with Crippen LogP contribution in [0.2, 0.25) is 0 Å². The predicted octanol–water partition coefficient (Wildman–Crippen LogP) is 10.6. The minimum Gasteiger partial charge on any atom is -0.507 e. The van der Waals surface area contributed by atoms with Crippen molar-refractivity contribution in [2.45, 2.75) is 59.3 Å². The van der Waals surface area contributed by atoms with E-state index in [0.717, 1.165) is 67.1 Å². The molecule has 0 aliphatic heterocycles. The molecule has 0 bridgehead atoms. The summed E-state index contributed by atoms with van der Waals surface area (Å²) in [4.78, 5) is 15.1. The van der Waals surface area contributed by atoms with Gasteiger partial charge in [-0.25, -0.2) is 9.97 Å². The lowest BCUT2D eigenvalue weighted by atomic mass is 9.84. The Morgan fingerprint density at radius 1 is 0.596 bits per heavy atom. The van der Waals surface area contributed by atoms with E-state index in [1.54, 1.807) is 6.07 Å². The number of para-hydroxylation sites is 2. The molecule has 5 aromatic carbocycles. The topological polar surface area (TPSA) is 63.8 Å². The number of hydrogen-bond acceptors (Lipinski definition) is 4. The first-order valence-corrected chi connectivity index (χ1v) is 16.2. The molecule has 0 atom stereocenters. The van der Waals surface area contributed by atoms with Gasteiger partial charge >= 0.3 is 0 Å². The van der Waals surface area contributed by atoms with Gasteiger partial charge in [-0.2, -0.15) is 0 Å². The third kappa shape index (κ3) is 5.56. The van der Waals surface area contributed by atoms with Gasteiger partial charge in [0, 0.05) is 34.1 Å². The fourth-order valence-electron chi connectivity index (χ4n) is 6.28. The summed E-state index contributed by atoms with van der Waals surface area (Å²) in [5, 5.41) is 10.8. The first-order valence-electron chi connectivity index (χ1n) is 16.2. The molecule has 5 heteroatoms. The van der Waals surface area contributed by atoms with Gasteiger partial charge in [0.05, 0.1) is 27.8 Å². The lowest BCUT2D eigenvalue weighted by Gasteiger charge is -2.21. The molecule has 7 rings (SSSR count). The Kier molecular flexibility index (Phi) is 7.24. The molecule has 2 heterocycles. The average molecular weight is 617 g/mol. The van der Waals surface area contributed by atoms with Crippen LogP contribution in [0.5, 0.6) is 5.75 Å². The molecular weight excluding hydrogens is 576 g/mol. The number of aromatic hydroxyl groups is 1. The predicted molar refractivity (Wildman–Crippen MR) is 194 cm³/mol. The number of aromatic nitrogens is 4. The Balaban J connectivity index is 1.49. The van der Waals surface area contributed by atoms with Crippen LogP contribution < -0.4 is 0 Å². The van der Waals surface area contributed by atoms with Crippen molar-refractivity contribution in [3.05, 3.63) is 126 Å². The lowest BCUT2D eigenvalue weighted by Crippen LogP contribution is -2.11. The van der Waals surface area contributed by atoms with Gasteiger partial charge in [-0.15, -0.1) is 0 Å². The molecule has 47 heavy (non-hydrogen) atoms. The SMILES string of the molecule is Cc1cnc2c(-c3cccc(-c4nc5c(-c6ccccc6O)cccc5n4-c4ccc(C(C)(C)C)cc4)c3)cc(C(C)(C)C)cc2n1. The number of hydrogen-bond donors (Lipinski definition) is 1. The minimum atomic E-state index is -0.0570. The van der Waals surface area contributed by atoms with Gasteiger partial charge in [0.15, 0.2) is 0 Å². The van der Waals surface area contributed by atoms with E-state index >= 15 is 0 Å². The summed E-state index contributed by atoms with van der Waals surface area (Å²) in [6, 6.07) is 35.4. The van der Waals surface area contributed by atoms with Gasteiger partial charge in [0.2, 0.25) is 0 Å². The molecule has 1 N–H and O–H groups in total. The molecule has 0 amide bonds. The highest BCUT2D eigenvalue weighted by atomic mass is 16.3. The Morgan fingerprint density at radius 2 is 1.28 bits per heavy atom. The highest BCUT2D eigenvalue weighted by Crippen LogP contribution is 2.39. The highest BCUT2D eigenvalue weighted by Gasteiger charge is 2.22. The van der Waals surface area contributed by atoms with Crippen molar-refractivity contribution in [3.8, 4) is 45.1 Å². The van der Waals surface area contributed by atoms with E-state index in [-0.39, 0.29) is 16.6 Å². The molecule has 7 aromatic rings. The zero-order valence-corrected chi connectivity index (χ0v) is 28.1. The molecule has 0 fully saturated rings. The van der Waals surface area contributed by atoms with Gasteiger partial charge in [0.1, 0.15) is 11.6 Å². The van der Waals surface area contributed by atoms with Crippen molar-refractivity contribution >= 4 is 22.1 Å². The normalized spacial score (nSPS) is 12.2. The average Bonchev–Trinajstić information content (AvgIpc) is 3.44. The fraction of sp³-hybridized carbons (Fsp3) is 0.214. The van der Waals surface area contributed by atoms with E-state index in [1.807, 2.05) is 43.5 Å². The van der Waals surface area contributed by atoms with E-state index in [2.05, 4.69) is 113 Å². The van der Waals surface area contributed by atoms with Gasteiger partial charge in [-0.3, -0.25) is 9.55 Å². The third-order valence-corrected chi connectivity index (χ3v) is 8.94. The van der Waals surface area contributed by atoms with Crippen LogP contribution in [0, 0.1) is 6.92 Å². The molecule has 5 nitrogen and oxygen atoms in total. The number of benzene rings is 5. The van der Waals surface area contributed by atoms with Crippen LogP contribution in [0.3, 0.4) is 0 Å². The number of phenols is 1. The van der Waals surface area contributed by atoms with Gasteiger partial charge in [0.25, 0.3) is 0 Å². The molecule has 0 saturated carbocycles. The van der Waals surface area contributed by atoms with Crippen molar-refractivity contribution in [1.29, 1.82) is 0 Å². The van der Waals surface area contributed by atoms with Crippen LogP contribution in [-0.4, -0.2) is 24.6 Å². The molecule has 2 aromatic heterocycles. The first-order chi connectivity index (χ1) is 22.4. The molecule has 0 radical (unpaired) electrons. The van der Waals surface area contributed by atoms with Gasteiger partial charge in [-0.1, -0.05) is 102 Å². The molecule has 0 spiro atoms. The maximum Gasteiger partial charge on any atom is 0.145 e. The van der Waals surface area contributed by atoms with Crippen molar-refractivity contribution in [2.75, 3.05) is 0 Å². The summed E-state index contributed by atoms with van der Waals surface area (Å²) in [5.74, 6) is 1.06. The number of fused-ring (bicyclic) bond motifs is 2. The van der Waals surface area contributed by atoms with Crippen molar-refractivity contribution in [1.82, 2.24) is 19.5 Å². The largest absolute Gasteiger partial charge is 0.507 e. The van der Waals surface area contributed by atoms with Crippen molar-refractivity contribution in [3.63, 3.8) is 0 Å². The van der Waals surface area contributed by atoms with Crippen LogP contribution in [-0.2, 0) is 10.8 Å². The highest BCUT2D eigenvalue weighted by molar-refractivity contribution is 5.98. The Morgan fingerprint density at radius 3 is 2.00 bits per heavy atom. The molecule has 0 aliphatic carbocycles. The van der Waals surface area contributed by atoms with E-state index in [1.165, 1.54) is 11.1 Å². The van der Waals surface area contributed by atoms with Crippen LogP contribution in [0.1, 0.15) is 58.4 Å². The lowest BCUT2D eigenvalue weighted by molar-refractivity contribution is 0.477. The van der Waals surface area contributed by atoms with Gasteiger partial charge < -0.3 is 5.11 Å². The molecule has 0 unspecified atom stereocenters. The van der Waals surface area contributed by atoms with Crippen LogP contribution in [0.25, 0.3) is 61.4 Å². The second-order valence-electron chi connectivity index (χ2n) is 14.5. The standard InChI is InChI=1S/C42H40N4O/c1-26-25-43-38-34(23-30(42(5,6)7)24-35(38)44-26)27-12-10-13-28(22-27)40-45-39-33(32-14-8-9-17-37(32)47)15-11-16-36(39)46(40)31-20-18-29(19-21-31)41(2,3)4/h8-25,47H,1-7H3. The first kappa shape index (κ1) is 30.4. The molecular formula is C42H40N4O. The summed E-state index contributed by atoms with van der Waals surface area (Å²) in [6.45, 7) is 15.4. The summed E-state index contributed by atoms with van der Waals surface area (Å²) in [6.07, 6.45) is 1.84. The summed E-state index contributed by atoms with van der Waals surface area (Å²) in [7, 11) is 0. The Hall–Kier alpha value is -5.29. The summed E-state index contributed by atoms with van der Waals surface area (Å²) >= 11 is 0. The third-order valence-electron chi connectivity index (χ3n) is 8.94. The quantitative estimate of drug-likeness (QED) is 0.214.